The molecule has 0 saturated carbocycles. The molecule has 0 aromatic heterocycles. The van der Waals surface area contributed by atoms with Crippen LogP contribution >= 0.6 is 0 Å². The number of carbonyl (C=O) groups is 1. The fourth-order valence-corrected chi connectivity index (χ4v) is 0.782. The summed E-state index contributed by atoms with van der Waals surface area (Å²) in [5, 5.41) is 5.55. The van der Waals surface area contributed by atoms with E-state index in [1.807, 2.05) is 26.1 Å². The summed E-state index contributed by atoms with van der Waals surface area (Å²) in [6.07, 6.45) is 5.52. The third-order valence-electron chi connectivity index (χ3n) is 1.40. The molecule has 2 N–H and O–H groups in total. The first-order valence-electron chi connectivity index (χ1n) is 4.08. The van der Waals surface area contributed by atoms with Gasteiger partial charge in [-0.25, -0.2) is 0 Å². The van der Waals surface area contributed by atoms with Crippen LogP contribution in [0, 0.1) is 0 Å². The van der Waals surface area contributed by atoms with E-state index in [1.165, 1.54) is 6.92 Å². The SMILES string of the molecule is C=C(/C=C\C(=C/C)NC)NC(C)=O. The fraction of sp³-hybridized carbons (Fsp3) is 0.300. The lowest BCUT2D eigenvalue weighted by Gasteiger charge is -2.01. The average molecular weight is 180 g/mol. The molecule has 0 saturated heterocycles. The Bertz CT molecular complexity index is 252. The van der Waals surface area contributed by atoms with Gasteiger partial charge in [0.25, 0.3) is 0 Å². The Hall–Kier alpha value is -1.51. The molecule has 0 atom stereocenters. The lowest BCUT2D eigenvalue weighted by Crippen LogP contribution is -2.17. The maximum atomic E-state index is 10.6. The second-order valence-electron chi connectivity index (χ2n) is 2.53. The predicted octanol–water partition coefficient (Wildman–Crippen LogP) is 1.32. The van der Waals surface area contributed by atoms with E-state index in [0.29, 0.717) is 5.70 Å². The first kappa shape index (κ1) is 11.5. The molecule has 0 bridgehead atoms. The van der Waals surface area contributed by atoms with Crippen molar-refractivity contribution in [2.24, 2.45) is 0 Å². The Morgan fingerprint density at radius 3 is 2.38 bits per heavy atom. The lowest BCUT2D eigenvalue weighted by molar-refractivity contribution is -0.118. The Morgan fingerprint density at radius 1 is 1.38 bits per heavy atom. The summed E-state index contributed by atoms with van der Waals surface area (Å²) in [4.78, 5) is 10.6. The van der Waals surface area contributed by atoms with Gasteiger partial charge < -0.3 is 10.6 Å². The highest BCUT2D eigenvalue weighted by Gasteiger charge is 1.91. The number of carbonyl (C=O) groups excluding carboxylic acids is 1. The molecular formula is C10H16N2O. The Balaban J connectivity index is 4.11. The monoisotopic (exact) mass is 180 g/mol. The normalized spacial score (nSPS) is 11.5. The molecule has 0 spiro atoms. The van der Waals surface area contributed by atoms with Crippen LogP contribution in [0.25, 0.3) is 0 Å². The number of nitrogens with one attached hydrogen (secondary N) is 2. The Kier molecular flexibility index (Phi) is 5.35. The summed E-state index contributed by atoms with van der Waals surface area (Å²) in [6, 6.07) is 0. The van der Waals surface area contributed by atoms with E-state index in [2.05, 4.69) is 17.2 Å². The maximum Gasteiger partial charge on any atom is 0.221 e. The van der Waals surface area contributed by atoms with Gasteiger partial charge in [-0.2, -0.15) is 0 Å². The van der Waals surface area contributed by atoms with Crippen molar-refractivity contribution in [3.8, 4) is 0 Å². The highest BCUT2D eigenvalue weighted by molar-refractivity contribution is 5.75. The molecule has 0 aliphatic heterocycles. The molecule has 3 nitrogen and oxygen atoms in total. The highest BCUT2D eigenvalue weighted by Crippen LogP contribution is 1.94. The van der Waals surface area contributed by atoms with Crippen LogP contribution < -0.4 is 10.6 Å². The molecule has 13 heavy (non-hydrogen) atoms. The first-order valence-corrected chi connectivity index (χ1v) is 4.08. The minimum Gasteiger partial charge on any atom is -0.388 e. The summed E-state index contributed by atoms with van der Waals surface area (Å²) < 4.78 is 0. The second-order valence-corrected chi connectivity index (χ2v) is 2.53. The predicted molar refractivity (Wildman–Crippen MR) is 54.9 cm³/mol. The van der Waals surface area contributed by atoms with Crippen molar-refractivity contribution in [3.63, 3.8) is 0 Å². The Labute approximate surface area is 79.2 Å². The van der Waals surface area contributed by atoms with Crippen LogP contribution in [-0.2, 0) is 4.79 Å². The zero-order valence-corrected chi connectivity index (χ0v) is 8.35. The topological polar surface area (TPSA) is 41.1 Å². The van der Waals surface area contributed by atoms with Crippen LogP contribution in [0.5, 0.6) is 0 Å². The molecule has 1 amide bonds. The molecule has 3 heteroatoms. The second kappa shape index (κ2) is 6.06. The van der Waals surface area contributed by atoms with Gasteiger partial charge >= 0.3 is 0 Å². The number of rotatable bonds is 4. The largest absolute Gasteiger partial charge is 0.388 e. The van der Waals surface area contributed by atoms with Crippen molar-refractivity contribution >= 4 is 5.91 Å². The third kappa shape index (κ3) is 5.73. The lowest BCUT2D eigenvalue weighted by atomic mass is 10.3. The van der Waals surface area contributed by atoms with Gasteiger partial charge in [-0.05, 0) is 19.1 Å². The van der Waals surface area contributed by atoms with Crippen LogP contribution in [-0.4, -0.2) is 13.0 Å². The molecule has 0 aromatic carbocycles. The van der Waals surface area contributed by atoms with E-state index < -0.39 is 0 Å². The first-order chi connectivity index (χ1) is 6.10. The number of likely N-dealkylation sites (N-methyl/N-ethyl adjacent to an activating group) is 1. The van der Waals surface area contributed by atoms with E-state index in [9.17, 15) is 4.79 Å². The number of amides is 1. The summed E-state index contributed by atoms with van der Waals surface area (Å²) in [5.74, 6) is -0.110. The molecule has 0 heterocycles. The van der Waals surface area contributed by atoms with Gasteiger partial charge in [-0.3, -0.25) is 4.79 Å². The van der Waals surface area contributed by atoms with E-state index in [0.717, 1.165) is 5.70 Å². The van der Waals surface area contributed by atoms with Crippen molar-refractivity contribution in [3.05, 3.63) is 36.2 Å². The Morgan fingerprint density at radius 2 is 2.00 bits per heavy atom. The summed E-state index contributed by atoms with van der Waals surface area (Å²) in [5.41, 5.74) is 1.56. The molecule has 0 rings (SSSR count). The minimum absolute atomic E-state index is 0.110. The van der Waals surface area contributed by atoms with Gasteiger partial charge in [0.05, 0.1) is 0 Å². The smallest absolute Gasteiger partial charge is 0.221 e. The molecule has 0 aliphatic rings. The van der Waals surface area contributed by atoms with Crippen LogP contribution in [0.2, 0.25) is 0 Å². The molecule has 0 aliphatic carbocycles. The van der Waals surface area contributed by atoms with Gasteiger partial charge in [-0.15, -0.1) is 0 Å². The van der Waals surface area contributed by atoms with Gasteiger partial charge in [-0.1, -0.05) is 12.7 Å². The summed E-state index contributed by atoms with van der Waals surface area (Å²) in [6.45, 7) is 7.04. The zero-order chi connectivity index (χ0) is 10.3. The van der Waals surface area contributed by atoms with Crippen molar-refractivity contribution in [2.75, 3.05) is 7.05 Å². The molecular weight excluding hydrogens is 164 g/mol. The van der Waals surface area contributed by atoms with Gasteiger partial charge in [0, 0.05) is 25.4 Å². The van der Waals surface area contributed by atoms with Gasteiger partial charge in [0.1, 0.15) is 0 Å². The molecule has 0 radical (unpaired) electrons. The summed E-state index contributed by atoms with van der Waals surface area (Å²) in [7, 11) is 1.83. The van der Waals surface area contributed by atoms with Crippen molar-refractivity contribution in [1.29, 1.82) is 0 Å². The van der Waals surface area contributed by atoms with E-state index >= 15 is 0 Å². The number of hydrogen-bond acceptors (Lipinski definition) is 2. The maximum absolute atomic E-state index is 10.6. The van der Waals surface area contributed by atoms with Gasteiger partial charge in [0.2, 0.25) is 5.91 Å². The van der Waals surface area contributed by atoms with E-state index in [-0.39, 0.29) is 5.91 Å². The average Bonchev–Trinajstić information content (AvgIpc) is 2.05. The standard InChI is InChI=1S/C10H16N2O/c1-5-10(11-4)7-6-8(2)12-9(3)13/h5-7,11H,2H2,1,3-4H3,(H,12,13)/b7-6-,10-5+. The molecule has 0 unspecified atom stereocenters. The third-order valence-corrected chi connectivity index (χ3v) is 1.40. The quantitative estimate of drug-likeness (QED) is 0.640. The molecule has 0 fully saturated rings. The zero-order valence-electron chi connectivity index (χ0n) is 8.35. The fourth-order valence-electron chi connectivity index (χ4n) is 0.782. The van der Waals surface area contributed by atoms with Gasteiger partial charge in [0.15, 0.2) is 0 Å². The van der Waals surface area contributed by atoms with E-state index in [1.54, 1.807) is 6.08 Å². The number of hydrogen-bond donors (Lipinski definition) is 2. The van der Waals surface area contributed by atoms with Crippen LogP contribution in [0.3, 0.4) is 0 Å². The minimum atomic E-state index is -0.110. The van der Waals surface area contributed by atoms with Crippen molar-refractivity contribution in [2.45, 2.75) is 13.8 Å². The van der Waals surface area contributed by atoms with Crippen LogP contribution in [0.1, 0.15) is 13.8 Å². The molecule has 0 aromatic rings. The van der Waals surface area contributed by atoms with Crippen LogP contribution in [0.4, 0.5) is 0 Å². The number of allylic oxidation sites excluding steroid dienone is 3. The molecule has 72 valence electrons. The summed E-state index contributed by atoms with van der Waals surface area (Å²) >= 11 is 0. The van der Waals surface area contributed by atoms with Crippen molar-refractivity contribution < 1.29 is 4.79 Å². The van der Waals surface area contributed by atoms with E-state index in [4.69, 9.17) is 0 Å². The van der Waals surface area contributed by atoms with Crippen molar-refractivity contribution in [1.82, 2.24) is 10.6 Å². The van der Waals surface area contributed by atoms with Crippen LogP contribution in [0.15, 0.2) is 36.2 Å². The highest BCUT2D eigenvalue weighted by atomic mass is 16.1.